The first kappa shape index (κ1) is 10.5. The molecule has 0 aliphatic rings. The highest BCUT2D eigenvalue weighted by Gasteiger charge is 2.06. The number of aromatic amines is 2. The van der Waals surface area contributed by atoms with Crippen molar-refractivity contribution < 1.29 is 4.98 Å². The molecule has 0 aliphatic heterocycles. The maximum atomic E-state index is 4.36. The number of nitrogens with zero attached hydrogens (tertiary/aromatic N) is 1. The zero-order valence-corrected chi connectivity index (χ0v) is 10.7. The molecule has 17 heavy (non-hydrogen) atoms. The van der Waals surface area contributed by atoms with Crippen molar-refractivity contribution in [1.29, 1.82) is 0 Å². The number of pyridine rings is 1. The van der Waals surface area contributed by atoms with E-state index in [4.69, 9.17) is 0 Å². The highest BCUT2D eigenvalue weighted by molar-refractivity contribution is 9.10. The van der Waals surface area contributed by atoms with Crippen LogP contribution in [0.15, 0.2) is 47.3 Å². The summed E-state index contributed by atoms with van der Waals surface area (Å²) in [5, 5.41) is 0. The normalized spacial score (nSPS) is 10.9. The highest BCUT2D eigenvalue weighted by atomic mass is 79.9. The lowest BCUT2D eigenvalue weighted by molar-refractivity contribution is -0.347. The minimum Gasteiger partial charge on any atom is -0.274 e. The van der Waals surface area contributed by atoms with Crippen LogP contribution in [0.4, 0.5) is 0 Å². The fourth-order valence-corrected chi connectivity index (χ4v) is 2.11. The van der Waals surface area contributed by atoms with E-state index in [2.05, 4.69) is 61.2 Å². The Kier molecular flexibility index (Phi) is 2.65. The van der Waals surface area contributed by atoms with Gasteiger partial charge in [0.05, 0.1) is 0 Å². The predicted molar refractivity (Wildman–Crippen MR) is 69.6 cm³/mol. The smallest absolute Gasteiger partial charge is 0.274 e. The third-order valence-corrected chi connectivity index (χ3v) is 3.23. The van der Waals surface area contributed by atoms with Gasteiger partial charge in [0.2, 0.25) is 0 Å². The molecule has 84 valence electrons. The van der Waals surface area contributed by atoms with Gasteiger partial charge in [-0.15, -0.1) is 4.98 Å². The van der Waals surface area contributed by atoms with E-state index in [1.807, 2.05) is 6.20 Å². The van der Waals surface area contributed by atoms with Gasteiger partial charge in [-0.25, -0.2) is 4.98 Å². The van der Waals surface area contributed by atoms with Crippen molar-refractivity contribution in [3.8, 4) is 0 Å². The van der Waals surface area contributed by atoms with Gasteiger partial charge >= 0.3 is 0 Å². The molecule has 0 bridgehead atoms. The molecule has 4 heteroatoms. The fraction of sp³-hybridized carbons (Fsp3) is 0.0769. The van der Waals surface area contributed by atoms with Crippen molar-refractivity contribution in [2.45, 2.75) is 6.42 Å². The molecule has 0 saturated carbocycles. The molecule has 2 aromatic heterocycles. The van der Waals surface area contributed by atoms with Gasteiger partial charge in [-0.1, -0.05) is 28.1 Å². The van der Waals surface area contributed by atoms with Crippen molar-refractivity contribution in [2.24, 2.45) is 0 Å². The first-order valence-corrected chi connectivity index (χ1v) is 6.19. The SMILES string of the molecule is Brc1ccc(Cc2cnc3[nH+]c[nH]c3c2)cc1. The summed E-state index contributed by atoms with van der Waals surface area (Å²) in [7, 11) is 0. The Morgan fingerprint density at radius 3 is 2.82 bits per heavy atom. The standard InChI is InChI=1S/C13H10BrN3/c14-11-3-1-9(2-4-11)5-10-6-12-13(15-7-10)17-8-16-12/h1-4,6-8H,5H2,(H,15,16,17)/p+1. The molecule has 3 nitrogen and oxygen atoms in total. The number of halogens is 1. The van der Waals surface area contributed by atoms with Crippen molar-refractivity contribution in [1.82, 2.24) is 9.97 Å². The minimum atomic E-state index is 0.893. The molecular weight excluding hydrogens is 278 g/mol. The van der Waals surface area contributed by atoms with Crippen molar-refractivity contribution >= 4 is 27.1 Å². The van der Waals surface area contributed by atoms with Gasteiger partial charge in [0.1, 0.15) is 6.20 Å². The second kappa shape index (κ2) is 4.30. The van der Waals surface area contributed by atoms with Crippen LogP contribution in [0, 0.1) is 0 Å². The van der Waals surface area contributed by atoms with Crippen molar-refractivity contribution in [3.05, 3.63) is 58.5 Å². The number of hydrogen-bond acceptors (Lipinski definition) is 1. The van der Waals surface area contributed by atoms with Crippen LogP contribution in [-0.4, -0.2) is 9.97 Å². The summed E-state index contributed by atoms with van der Waals surface area (Å²) in [6, 6.07) is 10.5. The Balaban J connectivity index is 1.91. The lowest BCUT2D eigenvalue weighted by Gasteiger charge is -2.00. The maximum absolute atomic E-state index is 4.36. The second-order valence-electron chi connectivity index (χ2n) is 3.98. The molecule has 0 aliphatic carbocycles. The Morgan fingerprint density at radius 2 is 2.00 bits per heavy atom. The Morgan fingerprint density at radius 1 is 1.18 bits per heavy atom. The minimum absolute atomic E-state index is 0.893. The van der Waals surface area contributed by atoms with Gasteiger partial charge in [0.25, 0.3) is 5.65 Å². The highest BCUT2D eigenvalue weighted by Crippen LogP contribution is 2.15. The molecule has 3 rings (SSSR count). The third-order valence-electron chi connectivity index (χ3n) is 2.70. The zero-order chi connectivity index (χ0) is 11.7. The van der Waals surface area contributed by atoms with Gasteiger partial charge in [0.15, 0.2) is 11.8 Å². The van der Waals surface area contributed by atoms with Crippen LogP contribution in [-0.2, 0) is 6.42 Å². The number of benzene rings is 1. The predicted octanol–water partition coefficient (Wildman–Crippen LogP) is 2.73. The van der Waals surface area contributed by atoms with E-state index in [0.717, 1.165) is 22.1 Å². The summed E-state index contributed by atoms with van der Waals surface area (Å²) < 4.78 is 1.11. The fourth-order valence-electron chi connectivity index (χ4n) is 1.85. The average molecular weight is 289 g/mol. The van der Waals surface area contributed by atoms with Crippen LogP contribution in [0.3, 0.4) is 0 Å². The molecular formula is C13H11BrN3+. The largest absolute Gasteiger partial charge is 0.299 e. The van der Waals surface area contributed by atoms with Crippen LogP contribution in [0.5, 0.6) is 0 Å². The molecule has 0 spiro atoms. The van der Waals surface area contributed by atoms with Crippen LogP contribution in [0.2, 0.25) is 0 Å². The van der Waals surface area contributed by atoms with Crippen LogP contribution < -0.4 is 4.98 Å². The van der Waals surface area contributed by atoms with E-state index in [1.54, 1.807) is 6.33 Å². The topological polar surface area (TPSA) is 42.8 Å². The van der Waals surface area contributed by atoms with Crippen LogP contribution in [0.25, 0.3) is 11.2 Å². The molecule has 0 saturated heterocycles. The second-order valence-corrected chi connectivity index (χ2v) is 4.89. The average Bonchev–Trinajstić information content (AvgIpc) is 2.79. The number of aromatic nitrogens is 3. The van der Waals surface area contributed by atoms with Crippen LogP contribution in [0.1, 0.15) is 11.1 Å². The van der Waals surface area contributed by atoms with E-state index < -0.39 is 0 Å². The van der Waals surface area contributed by atoms with Gasteiger partial charge in [-0.3, -0.25) is 4.98 Å². The Bertz CT molecular complexity index is 643. The molecule has 0 unspecified atom stereocenters. The van der Waals surface area contributed by atoms with E-state index in [-0.39, 0.29) is 0 Å². The van der Waals surface area contributed by atoms with E-state index in [9.17, 15) is 0 Å². The third kappa shape index (κ3) is 2.22. The Hall–Kier alpha value is -1.68. The molecule has 2 heterocycles. The van der Waals surface area contributed by atoms with Gasteiger partial charge in [-0.2, -0.15) is 0 Å². The number of fused-ring (bicyclic) bond motifs is 1. The van der Waals surface area contributed by atoms with Gasteiger partial charge in [-0.05, 0) is 29.3 Å². The molecule has 2 N–H and O–H groups in total. The molecule has 0 radical (unpaired) electrons. The van der Waals surface area contributed by atoms with Crippen molar-refractivity contribution in [2.75, 3.05) is 0 Å². The molecule has 1 aromatic carbocycles. The summed E-state index contributed by atoms with van der Waals surface area (Å²) in [6.45, 7) is 0. The first-order valence-electron chi connectivity index (χ1n) is 5.39. The number of imidazole rings is 1. The summed E-state index contributed by atoms with van der Waals surface area (Å²) in [5.74, 6) is 0. The number of rotatable bonds is 2. The van der Waals surface area contributed by atoms with Crippen molar-refractivity contribution in [3.63, 3.8) is 0 Å². The summed E-state index contributed by atoms with van der Waals surface area (Å²) >= 11 is 3.44. The summed E-state index contributed by atoms with van der Waals surface area (Å²) in [4.78, 5) is 10.5. The molecule has 0 amide bonds. The van der Waals surface area contributed by atoms with Gasteiger partial charge in [0, 0.05) is 10.9 Å². The molecule has 0 fully saturated rings. The monoisotopic (exact) mass is 288 g/mol. The lowest BCUT2D eigenvalue weighted by atomic mass is 10.1. The lowest BCUT2D eigenvalue weighted by Crippen LogP contribution is -1.97. The van der Waals surface area contributed by atoms with Gasteiger partial charge < -0.3 is 0 Å². The summed E-state index contributed by atoms with van der Waals surface area (Å²) in [6.07, 6.45) is 4.60. The summed E-state index contributed by atoms with van der Waals surface area (Å²) in [5.41, 5.74) is 4.42. The maximum Gasteiger partial charge on any atom is 0.299 e. The first-order chi connectivity index (χ1) is 8.31. The number of H-pyrrole nitrogens is 2. The van der Waals surface area contributed by atoms with E-state index in [0.29, 0.717) is 0 Å². The molecule has 0 atom stereocenters. The quantitative estimate of drug-likeness (QED) is 0.774. The number of nitrogens with one attached hydrogen (secondary N) is 2. The van der Waals surface area contributed by atoms with E-state index in [1.165, 1.54) is 11.1 Å². The Labute approximate surface area is 107 Å². The van der Waals surface area contributed by atoms with Crippen LogP contribution >= 0.6 is 15.9 Å². The number of hydrogen-bond donors (Lipinski definition) is 1. The van der Waals surface area contributed by atoms with E-state index >= 15 is 0 Å². The molecule has 3 aromatic rings. The zero-order valence-electron chi connectivity index (χ0n) is 9.07.